The Hall–Kier alpha value is -0.900. The van der Waals surface area contributed by atoms with Crippen LogP contribution in [-0.4, -0.2) is 9.97 Å². The van der Waals surface area contributed by atoms with E-state index in [-0.39, 0.29) is 5.92 Å². The van der Waals surface area contributed by atoms with Crippen molar-refractivity contribution in [1.82, 2.24) is 9.97 Å². The summed E-state index contributed by atoms with van der Waals surface area (Å²) in [7, 11) is 0. The van der Waals surface area contributed by atoms with Crippen molar-refractivity contribution >= 4 is 35.4 Å². The van der Waals surface area contributed by atoms with Crippen LogP contribution in [-0.2, 0) is 0 Å². The minimum absolute atomic E-state index is 0.263. The van der Waals surface area contributed by atoms with Crippen molar-refractivity contribution in [1.29, 1.82) is 0 Å². The first-order valence-electron chi connectivity index (χ1n) is 5.97. The highest BCUT2D eigenvalue weighted by Crippen LogP contribution is 2.34. The molecule has 1 aromatic heterocycles. The highest BCUT2D eigenvalue weighted by atomic mass is 35.5. The van der Waals surface area contributed by atoms with Gasteiger partial charge in [-0.3, -0.25) is 0 Å². The van der Waals surface area contributed by atoms with E-state index in [1.165, 1.54) is 0 Å². The maximum Gasteiger partial charge on any atom is 0.133 e. The van der Waals surface area contributed by atoms with Gasteiger partial charge in [0.15, 0.2) is 0 Å². The third kappa shape index (κ3) is 2.83. The number of hydrogen-bond donors (Lipinski definition) is 1. The van der Waals surface area contributed by atoms with Gasteiger partial charge < -0.3 is 4.98 Å². The highest BCUT2D eigenvalue weighted by Gasteiger charge is 2.13. The molecule has 0 aliphatic carbocycles. The van der Waals surface area contributed by atoms with Gasteiger partial charge in [0, 0.05) is 17.0 Å². The number of nitrogens with zero attached hydrogens (tertiary/aromatic N) is 1. The number of nitrogens with one attached hydrogen (secondary N) is 1. The second kappa shape index (κ2) is 5.61. The molecule has 19 heavy (non-hydrogen) atoms. The lowest BCUT2D eigenvalue weighted by Gasteiger charge is -2.13. The molecule has 5 heteroatoms. The van der Waals surface area contributed by atoms with Gasteiger partial charge in [-0.05, 0) is 13.0 Å². The SMILES string of the molecule is Cc1c(-c2cccc(Cl)c2Cl)[nH]c(C(C)C)nc1=S. The highest BCUT2D eigenvalue weighted by molar-refractivity contribution is 7.71. The van der Waals surface area contributed by atoms with Gasteiger partial charge in [0.1, 0.15) is 10.5 Å². The van der Waals surface area contributed by atoms with Gasteiger partial charge in [0.05, 0.1) is 15.7 Å². The topological polar surface area (TPSA) is 28.7 Å². The second-order valence-corrected chi connectivity index (χ2v) is 5.86. The summed E-state index contributed by atoms with van der Waals surface area (Å²) in [6, 6.07) is 5.56. The molecule has 2 aromatic rings. The Balaban J connectivity index is 2.75. The first-order valence-corrected chi connectivity index (χ1v) is 7.13. The summed E-state index contributed by atoms with van der Waals surface area (Å²) in [5.41, 5.74) is 2.64. The normalized spacial score (nSPS) is 11.1. The third-order valence-electron chi connectivity index (χ3n) is 2.94. The maximum atomic E-state index is 6.28. The molecule has 1 aromatic carbocycles. The molecule has 100 valence electrons. The number of H-pyrrole nitrogens is 1. The van der Waals surface area contributed by atoms with E-state index >= 15 is 0 Å². The minimum atomic E-state index is 0.263. The largest absolute Gasteiger partial charge is 0.343 e. The average Bonchev–Trinajstić information content (AvgIpc) is 2.36. The zero-order valence-corrected chi connectivity index (χ0v) is 13.2. The van der Waals surface area contributed by atoms with Crippen molar-refractivity contribution in [3.63, 3.8) is 0 Å². The lowest BCUT2D eigenvalue weighted by molar-refractivity contribution is 0.770. The molecule has 0 unspecified atom stereocenters. The van der Waals surface area contributed by atoms with Crippen LogP contribution in [0.4, 0.5) is 0 Å². The summed E-state index contributed by atoms with van der Waals surface area (Å²) in [6.07, 6.45) is 0. The molecule has 1 heterocycles. The van der Waals surface area contributed by atoms with Crippen molar-refractivity contribution in [3.05, 3.63) is 44.3 Å². The summed E-state index contributed by atoms with van der Waals surface area (Å²) in [6.45, 7) is 6.06. The fourth-order valence-electron chi connectivity index (χ4n) is 1.79. The first kappa shape index (κ1) is 14.5. The molecule has 0 amide bonds. The monoisotopic (exact) mass is 312 g/mol. The van der Waals surface area contributed by atoms with E-state index in [0.29, 0.717) is 14.7 Å². The third-order valence-corrected chi connectivity index (χ3v) is 4.16. The Bertz CT molecular complexity index is 678. The van der Waals surface area contributed by atoms with Crippen molar-refractivity contribution in [2.24, 2.45) is 0 Å². The molecule has 1 N–H and O–H groups in total. The van der Waals surface area contributed by atoms with E-state index in [9.17, 15) is 0 Å². The van der Waals surface area contributed by atoms with Crippen molar-refractivity contribution in [2.45, 2.75) is 26.7 Å². The second-order valence-electron chi connectivity index (χ2n) is 4.68. The molecule has 0 aliphatic heterocycles. The Morgan fingerprint density at radius 3 is 2.58 bits per heavy atom. The van der Waals surface area contributed by atoms with E-state index in [0.717, 1.165) is 22.6 Å². The molecule has 0 fully saturated rings. The lowest BCUT2D eigenvalue weighted by atomic mass is 10.1. The van der Waals surface area contributed by atoms with Crippen LogP contribution in [0.25, 0.3) is 11.3 Å². The van der Waals surface area contributed by atoms with E-state index < -0.39 is 0 Å². The quantitative estimate of drug-likeness (QED) is 0.737. The molecule has 2 rings (SSSR count). The minimum Gasteiger partial charge on any atom is -0.343 e. The van der Waals surface area contributed by atoms with E-state index in [1.807, 2.05) is 19.1 Å². The van der Waals surface area contributed by atoms with Crippen LogP contribution >= 0.6 is 35.4 Å². The van der Waals surface area contributed by atoms with E-state index in [2.05, 4.69) is 23.8 Å². The molecule has 2 nitrogen and oxygen atoms in total. The number of halogens is 2. The molecule has 0 bridgehead atoms. The van der Waals surface area contributed by atoms with Crippen LogP contribution < -0.4 is 0 Å². The Morgan fingerprint density at radius 1 is 1.26 bits per heavy atom. The molecule has 0 saturated carbocycles. The fourth-order valence-corrected chi connectivity index (χ4v) is 2.39. The number of rotatable bonds is 2. The van der Waals surface area contributed by atoms with Gasteiger partial charge in [-0.25, -0.2) is 4.98 Å². The predicted molar refractivity (Wildman–Crippen MR) is 83.7 cm³/mol. The molecule has 0 radical (unpaired) electrons. The number of benzene rings is 1. The Morgan fingerprint density at radius 2 is 1.95 bits per heavy atom. The standard InChI is InChI=1S/C14H14Cl2N2S/c1-7(2)13-17-12(8(3)14(19)18-13)9-5-4-6-10(15)11(9)16/h4-7H,1-3H3,(H,17,18,19). The van der Waals surface area contributed by atoms with Crippen molar-refractivity contribution < 1.29 is 0 Å². The zero-order chi connectivity index (χ0) is 14.2. The Labute approximate surface area is 127 Å². The number of aromatic nitrogens is 2. The number of aromatic amines is 1. The molecule has 0 spiro atoms. The van der Waals surface area contributed by atoms with Crippen LogP contribution in [0.1, 0.15) is 31.2 Å². The van der Waals surface area contributed by atoms with E-state index in [4.69, 9.17) is 35.4 Å². The van der Waals surface area contributed by atoms with E-state index in [1.54, 1.807) is 6.07 Å². The fraction of sp³-hybridized carbons (Fsp3) is 0.286. The number of hydrogen-bond acceptors (Lipinski definition) is 2. The molecule has 0 atom stereocenters. The summed E-state index contributed by atoms with van der Waals surface area (Å²) < 4.78 is 0.591. The van der Waals surface area contributed by atoms with Crippen LogP contribution in [0.5, 0.6) is 0 Å². The summed E-state index contributed by atoms with van der Waals surface area (Å²) in [5, 5.41) is 1.06. The van der Waals surface area contributed by atoms with Crippen molar-refractivity contribution in [3.8, 4) is 11.3 Å². The predicted octanol–water partition coefficient (Wildman–Crippen LogP) is 5.54. The summed E-state index contributed by atoms with van der Waals surface area (Å²) in [5.74, 6) is 1.11. The van der Waals surface area contributed by atoms with Gasteiger partial charge in [-0.1, -0.05) is 61.4 Å². The van der Waals surface area contributed by atoms with Crippen LogP contribution in [0.2, 0.25) is 10.0 Å². The maximum absolute atomic E-state index is 6.28. The molecule has 0 saturated heterocycles. The summed E-state index contributed by atoms with van der Waals surface area (Å²) in [4.78, 5) is 7.71. The van der Waals surface area contributed by atoms with Gasteiger partial charge >= 0.3 is 0 Å². The van der Waals surface area contributed by atoms with Gasteiger partial charge in [0.25, 0.3) is 0 Å². The molecule has 0 aliphatic rings. The van der Waals surface area contributed by atoms with Crippen LogP contribution in [0, 0.1) is 11.6 Å². The lowest BCUT2D eigenvalue weighted by Crippen LogP contribution is -2.02. The zero-order valence-electron chi connectivity index (χ0n) is 10.9. The van der Waals surface area contributed by atoms with Gasteiger partial charge in [0.2, 0.25) is 0 Å². The van der Waals surface area contributed by atoms with Crippen LogP contribution in [0.15, 0.2) is 18.2 Å². The van der Waals surface area contributed by atoms with Crippen molar-refractivity contribution in [2.75, 3.05) is 0 Å². The molecular formula is C14H14Cl2N2S. The van der Waals surface area contributed by atoms with Crippen LogP contribution in [0.3, 0.4) is 0 Å². The smallest absolute Gasteiger partial charge is 0.133 e. The van der Waals surface area contributed by atoms with Gasteiger partial charge in [-0.2, -0.15) is 0 Å². The average molecular weight is 313 g/mol. The first-order chi connectivity index (χ1) is 8.91. The Kier molecular flexibility index (Phi) is 4.29. The summed E-state index contributed by atoms with van der Waals surface area (Å²) >= 11 is 17.7. The molecular weight excluding hydrogens is 299 g/mol. The van der Waals surface area contributed by atoms with Gasteiger partial charge in [-0.15, -0.1) is 0 Å².